The quantitative estimate of drug-likeness (QED) is 0.560. The summed E-state index contributed by atoms with van der Waals surface area (Å²) >= 11 is 0. The number of nitrogens with zero attached hydrogens (tertiary/aromatic N) is 1. The van der Waals surface area contributed by atoms with Crippen molar-refractivity contribution in [2.75, 3.05) is 20.3 Å². The third-order valence-corrected chi connectivity index (χ3v) is 4.38. The number of hydrogen-bond donors (Lipinski definition) is 0. The number of aryl methyl sites for hydroxylation is 2. The average Bonchev–Trinajstić information content (AvgIpc) is 2.71. The van der Waals surface area contributed by atoms with E-state index in [0.717, 1.165) is 16.7 Å². The Morgan fingerprint density at radius 1 is 1.10 bits per heavy atom. The van der Waals surface area contributed by atoms with Crippen molar-refractivity contribution < 1.29 is 27.4 Å². The molecule has 7 heteroatoms. The van der Waals surface area contributed by atoms with Crippen LogP contribution in [0.25, 0.3) is 0 Å². The minimum Gasteiger partial charge on any atom is -0.493 e. The van der Waals surface area contributed by atoms with Crippen LogP contribution in [0.15, 0.2) is 42.5 Å². The SMILES string of the molecule is C#CCN(Cc1ccc(C)cc1)C(=O)CCc1ccc(OCC(F)(F)F)c(OC)c1. The van der Waals surface area contributed by atoms with Gasteiger partial charge in [-0.1, -0.05) is 41.8 Å². The van der Waals surface area contributed by atoms with Gasteiger partial charge in [-0.05, 0) is 36.6 Å². The van der Waals surface area contributed by atoms with E-state index in [2.05, 4.69) is 5.92 Å². The molecule has 0 aliphatic carbocycles. The first kappa shape index (κ1) is 23.1. The van der Waals surface area contributed by atoms with Crippen molar-refractivity contribution in [2.45, 2.75) is 32.5 Å². The summed E-state index contributed by atoms with van der Waals surface area (Å²) in [7, 11) is 1.35. The van der Waals surface area contributed by atoms with Gasteiger partial charge in [0.1, 0.15) is 0 Å². The number of benzene rings is 2. The molecular formula is C23H24F3NO3. The number of terminal acetylenes is 1. The first-order chi connectivity index (χ1) is 14.2. The highest BCUT2D eigenvalue weighted by atomic mass is 19.4. The molecule has 1 amide bonds. The van der Waals surface area contributed by atoms with Crippen LogP contribution in [-0.2, 0) is 17.8 Å². The van der Waals surface area contributed by atoms with Crippen molar-refractivity contribution >= 4 is 5.91 Å². The van der Waals surface area contributed by atoms with Gasteiger partial charge in [0.05, 0.1) is 13.7 Å². The van der Waals surface area contributed by atoms with Crippen molar-refractivity contribution in [2.24, 2.45) is 0 Å². The lowest BCUT2D eigenvalue weighted by atomic mass is 10.1. The number of carbonyl (C=O) groups is 1. The molecule has 0 heterocycles. The van der Waals surface area contributed by atoms with E-state index in [9.17, 15) is 18.0 Å². The first-order valence-electron chi connectivity index (χ1n) is 9.35. The maximum atomic E-state index is 12.7. The van der Waals surface area contributed by atoms with Crippen molar-refractivity contribution in [3.63, 3.8) is 0 Å². The summed E-state index contributed by atoms with van der Waals surface area (Å²) in [5, 5.41) is 0. The Bertz CT molecular complexity index is 886. The summed E-state index contributed by atoms with van der Waals surface area (Å²) in [6, 6.07) is 12.5. The van der Waals surface area contributed by atoms with Gasteiger partial charge >= 0.3 is 6.18 Å². The molecule has 0 saturated heterocycles. The van der Waals surface area contributed by atoms with Gasteiger partial charge in [-0.25, -0.2) is 0 Å². The third kappa shape index (κ3) is 7.36. The van der Waals surface area contributed by atoms with Crippen LogP contribution in [0.5, 0.6) is 11.5 Å². The predicted octanol–water partition coefficient (Wildman–Crippen LogP) is 4.54. The van der Waals surface area contributed by atoms with E-state index in [1.54, 1.807) is 17.0 Å². The number of carbonyl (C=O) groups excluding carboxylic acids is 1. The van der Waals surface area contributed by atoms with Crippen LogP contribution in [-0.4, -0.2) is 37.2 Å². The van der Waals surface area contributed by atoms with Crippen molar-refractivity contribution in [3.8, 4) is 23.8 Å². The van der Waals surface area contributed by atoms with Gasteiger partial charge in [0.25, 0.3) is 0 Å². The molecule has 0 aromatic heterocycles. The smallest absolute Gasteiger partial charge is 0.422 e. The maximum absolute atomic E-state index is 12.7. The molecule has 0 spiro atoms. The second kappa shape index (κ2) is 10.6. The summed E-state index contributed by atoms with van der Waals surface area (Å²) in [6.07, 6.45) is 1.58. The summed E-state index contributed by atoms with van der Waals surface area (Å²) in [6.45, 7) is 1.19. The fourth-order valence-electron chi connectivity index (χ4n) is 2.81. The topological polar surface area (TPSA) is 38.8 Å². The summed E-state index contributed by atoms with van der Waals surface area (Å²) in [5.74, 6) is 2.58. The number of halogens is 3. The third-order valence-electron chi connectivity index (χ3n) is 4.38. The van der Waals surface area contributed by atoms with E-state index >= 15 is 0 Å². The normalized spacial score (nSPS) is 10.9. The van der Waals surface area contributed by atoms with Crippen molar-refractivity contribution in [1.82, 2.24) is 4.90 Å². The molecule has 4 nitrogen and oxygen atoms in total. The Balaban J connectivity index is 2.00. The van der Waals surface area contributed by atoms with E-state index in [1.165, 1.54) is 13.2 Å². The van der Waals surface area contributed by atoms with Crippen LogP contribution in [0.1, 0.15) is 23.1 Å². The van der Waals surface area contributed by atoms with E-state index in [4.69, 9.17) is 15.9 Å². The molecule has 2 rings (SSSR count). The van der Waals surface area contributed by atoms with E-state index < -0.39 is 12.8 Å². The number of amides is 1. The lowest BCUT2D eigenvalue weighted by molar-refractivity contribution is -0.153. The van der Waals surface area contributed by atoms with Gasteiger partial charge in [0, 0.05) is 13.0 Å². The van der Waals surface area contributed by atoms with Crippen LogP contribution in [0.3, 0.4) is 0 Å². The first-order valence-corrected chi connectivity index (χ1v) is 9.35. The monoisotopic (exact) mass is 419 g/mol. The maximum Gasteiger partial charge on any atom is 0.422 e. The lowest BCUT2D eigenvalue weighted by Gasteiger charge is -2.21. The zero-order valence-corrected chi connectivity index (χ0v) is 17.0. The Labute approximate surface area is 174 Å². The van der Waals surface area contributed by atoms with Crippen LogP contribution in [0.2, 0.25) is 0 Å². The van der Waals surface area contributed by atoms with Crippen LogP contribution in [0.4, 0.5) is 13.2 Å². The number of hydrogen-bond acceptors (Lipinski definition) is 3. The molecule has 0 radical (unpaired) electrons. The van der Waals surface area contributed by atoms with Gasteiger partial charge in [0.2, 0.25) is 5.91 Å². The van der Waals surface area contributed by atoms with Gasteiger partial charge in [-0.3, -0.25) is 4.79 Å². The highest BCUT2D eigenvalue weighted by molar-refractivity contribution is 5.76. The Morgan fingerprint density at radius 3 is 2.37 bits per heavy atom. The summed E-state index contributed by atoms with van der Waals surface area (Å²) in [5.41, 5.74) is 2.86. The lowest BCUT2D eigenvalue weighted by Crippen LogP contribution is -2.31. The summed E-state index contributed by atoms with van der Waals surface area (Å²) in [4.78, 5) is 14.3. The molecule has 160 valence electrons. The fraction of sp³-hybridized carbons (Fsp3) is 0.348. The molecule has 0 N–H and O–H groups in total. The van der Waals surface area contributed by atoms with Crippen LogP contribution in [0, 0.1) is 19.3 Å². The van der Waals surface area contributed by atoms with E-state index in [-0.39, 0.29) is 30.4 Å². The molecule has 0 unspecified atom stereocenters. The molecular weight excluding hydrogens is 395 g/mol. The molecule has 0 aliphatic heterocycles. The van der Waals surface area contributed by atoms with Gasteiger partial charge < -0.3 is 14.4 Å². The highest BCUT2D eigenvalue weighted by Crippen LogP contribution is 2.30. The van der Waals surface area contributed by atoms with Crippen LogP contribution < -0.4 is 9.47 Å². The zero-order chi connectivity index (χ0) is 22.1. The Kier molecular flexibility index (Phi) is 8.16. The second-order valence-electron chi connectivity index (χ2n) is 6.83. The molecule has 0 aliphatic rings. The zero-order valence-electron chi connectivity index (χ0n) is 17.0. The number of rotatable bonds is 9. The standard InChI is InChI=1S/C23H24F3NO3/c1-4-13-27(15-19-7-5-17(2)6-8-19)22(28)12-10-18-9-11-20(21(14-18)29-3)30-16-23(24,25)26/h1,5-9,11,14H,10,12-13,15-16H2,2-3H3. The second-order valence-corrected chi connectivity index (χ2v) is 6.83. The molecule has 0 saturated carbocycles. The molecule has 2 aromatic rings. The molecule has 0 fully saturated rings. The van der Waals surface area contributed by atoms with E-state index in [1.807, 2.05) is 31.2 Å². The predicted molar refractivity (Wildman–Crippen MR) is 108 cm³/mol. The van der Waals surface area contributed by atoms with Crippen molar-refractivity contribution in [3.05, 3.63) is 59.2 Å². The average molecular weight is 419 g/mol. The van der Waals surface area contributed by atoms with Crippen molar-refractivity contribution in [1.29, 1.82) is 0 Å². The highest BCUT2D eigenvalue weighted by Gasteiger charge is 2.29. The Morgan fingerprint density at radius 2 is 1.77 bits per heavy atom. The molecule has 2 aromatic carbocycles. The van der Waals surface area contributed by atoms with E-state index in [0.29, 0.717) is 13.0 Å². The minimum absolute atomic E-state index is 0.00164. The summed E-state index contributed by atoms with van der Waals surface area (Å²) < 4.78 is 47.0. The minimum atomic E-state index is -4.44. The number of methoxy groups -OCH3 is 1. The Hall–Kier alpha value is -3.14. The molecule has 0 atom stereocenters. The largest absolute Gasteiger partial charge is 0.493 e. The number of ether oxygens (including phenoxy) is 2. The molecule has 0 bridgehead atoms. The van der Waals surface area contributed by atoms with Gasteiger partial charge in [-0.2, -0.15) is 13.2 Å². The fourth-order valence-corrected chi connectivity index (χ4v) is 2.81. The van der Waals surface area contributed by atoms with Gasteiger partial charge in [-0.15, -0.1) is 6.42 Å². The molecule has 30 heavy (non-hydrogen) atoms. The number of alkyl halides is 3. The van der Waals surface area contributed by atoms with Crippen LogP contribution >= 0.6 is 0 Å². The van der Waals surface area contributed by atoms with Gasteiger partial charge in [0.15, 0.2) is 18.1 Å².